The van der Waals surface area contributed by atoms with Crippen molar-refractivity contribution in [2.24, 2.45) is 0 Å². The zero-order valence-corrected chi connectivity index (χ0v) is 11.3. The van der Waals surface area contributed by atoms with Crippen molar-refractivity contribution in [1.82, 2.24) is 4.98 Å². The van der Waals surface area contributed by atoms with Crippen LogP contribution in [0.2, 0.25) is 0 Å². The molecule has 0 N–H and O–H groups in total. The van der Waals surface area contributed by atoms with Crippen molar-refractivity contribution in [3.63, 3.8) is 0 Å². The van der Waals surface area contributed by atoms with Crippen LogP contribution in [0, 0.1) is 13.8 Å². The van der Waals surface area contributed by atoms with Gasteiger partial charge in [0.15, 0.2) is 6.29 Å². The molecule has 18 heavy (non-hydrogen) atoms. The molecule has 0 atom stereocenters. The number of hydrogen-bond donors (Lipinski definition) is 0. The van der Waals surface area contributed by atoms with Gasteiger partial charge in [-0.15, -0.1) is 11.8 Å². The summed E-state index contributed by atoms with van der Waals surface area (Å²) >= 11 is 1.60. The van der Waals surface area contributed by atoms with Crippen molar-refractivity contribution in [2.75, 3.05) is 0 Å². The molecule has 0 aliphatic rings. The van der Waals surface area contributed by atoms with E-state index in [1.54, 1.807) is 30.1 Å². The van der Waals surface area contributed by atoms with Crippen LogP contribution in [0.4, 0.5) is 0 Å². The van der Waals surface area contributed by atoms with Crippen LogP contribution in [0.3, 0.4) is 0 Å². The van der Waals surface area contributed by atoms with Gasteiger partial charge in [-0.1, -0.05) is 29.3 Å². The monoisotopic (exact) mass is 257 g/mol. The summed E-state index contributed by atoms with van der Waals surface area (Å²) in [5.41, 5.74) is 4.45. The maximum absolute atomic E-state index is 10.9. The fourth-order valence-corrected chi connectivity index (χ4v) is 2.81. The van der Waals surface area contributed by atoms with Crippen molar-refractivity contribution in [3.8, 4) is 0 Å². The van der Waals surface area contributed by atoms with E-state index in [2.05, 4.69) is 37.0 Å². The molecule has 92 valence electrons. The maximum atomic E-state index is 10.9. The lowest BCUT2D eigenvalue weighted by Gasteiger charge is -2.06. The third kappa shape index (κ3) is 3.20. The molecule has 0 saturated carbocycles. The number of carbonyl (C=O) groups excluding carboxylic acids is 1. The summed E-state index contributed by atoms with van der Waals surface area (Å²) in [5, 5.41) is 0.798. The van der Waals surface area contributed by atoms with Gasteiger partial charge in [0.05, 0.1) is 0 Å². The Kier molecular flexibility index (Phi) is 4.15. The normalized spacial score (nSPS) is 10.3. The van der Waals surface area contributed by atoms with Crippen molar-refractivity contribution in [2.45, 2.75) is 24.6 Å². The fourth-order valence-electron chi connectivity index (χ4n) is 1.92. The predicted molar refractivity (Wildman–Crippen MR) is 75.1 cm³/mol. The second-order valence-corrected chi connectivity index (χ2v) is 5.26. The summed E-state index contributed by atoms with van der Waals surface area (Å²) in [6, 6.07) is 10.1. The van der Waals surface area contributed by atoms with Crippen LogP contribution in [0.1, 0.15) is 27.0 Å². The van der Waals surface area contributed by atoms with Crippen LogP contribution in [-0.2, 0) is 5.75 Å². The van der Waals surface area contributed by atoms with Gasteiger partial charge < -0.3 is 0 Å². The number of carbonyl (C=O) groups is 1. The molecule has 0 fully saturated rings. The van der Waals surface area contributed by atoms with E-state index in [4.69, 9.17) is 0 Å². The summed E-state index contributed by atoms with van der Waals surface area (Å²) in [7, 11) is 0. The highest BCUT2D eigenvalue weighted by Gasteiger charge is 2.04. The Balaban J connectivity index is 2.13. The Hall–Kier alpha value is -1.61. The Bertz CT molecular complexity index is 546. The van der Waals surface area contributed by atoms with E-state index in [0.29, 0.717) is 5.56 Å². The molecule has 0 radical (unpaired) electrons. The molecule has 0 aliphatic heterocycles. The molecular formula is C15H15NOS. The first-order valence-corrected chi connectivity index (χ1v) is 6.78. The molecule has 0 aliphatic carbocycles. The first kappa shape index (κ1) is 12.8. The molecule has 3 heteroatoms. The third-order valence-electron chi connectivity index (χ3n) is 2.58. The first-order chi connectivity index (χ1) is 8.69. The molecule has 1 aromatic carbocycles. The van der Waals surface area contributed by atoms with Crippen LogP contribution < -0.4 is 0 Å². The van der Waals surface area contributed by atoms with Gasteiger partial charge in [-0.25, -0.2) is 4.98 Å². The number of aromatic nitrogens is 1. The maximum Gasteiger partial charge on any atom is 0.152 e. The number of thioether (sulfide) groups is 1. The predicted octanol–water partition coefficient (Wildman–Crippen LogP) is 3.80. The molecule has 2 nitrogen and oxygen atoms in total. The summed E-state index contributed by atoms with van der Waals surface area (Å²) in [6.07, 6.45) is 2.58. The van der Waals surface area contributed by atoms with Crippen LogP contribution >= 0.6 is 11.8 Å². The SMILES string of the molecule is Cc1cc(C)cc(CSc2ncccc2C=O)c1. The molecule has 0 spiro atoms. The van der Waals surface area contributed by atoms with E-state index in [-0.39, 0.29) is 0 Å². The van der Waals surface area contributed by atoms with Crippen molar-refractivity contribution in [1.29, 1.82) is 0 Å². The van der Waals surface area contributed by atoms with E-state index in [1.807, 2.05) is 0 Å². The lowest BCUT2D eigenvalue weighted by atomic mass is 10.1. The van der Waals surface area contributed by atoms with E-state index in [1.165, 1.54) is 16.7 Å². The zero-order chi connectivity index (χ0) is 13.0. The van der Waals surface area contributed by atoms with Gasteiger partial charge in [0.2, 0.25) is 0 Å². The van der Waals surface area contributed by atoms with Crippen LogP contribution in [-0.4, -0.2) is 11.3 Å². The van der Waals surface area contributed by atoms with Gasteiger partial charge in [0.1, 0.15) is 5.03 Å². The summed E-state index contributed by atoms with van der Waals surface area (Å²) in [6.45, 7) is 4.19. The molecule has 2 rings (SSSR count). The Morgan fingerprint density at radius 2 is 1.94 bits per heavy atom. The quantitative estimate of drug-likeness (QED) is 0.616. The van der Waals surface area contributed by atoms with E-state index < -0.39 is 0 Å². The Labute approximate surface area is 111 Å². The molecule has 2 aromatic rings. The highest BCUT2D eigenvalue weighted by Crippen LogP contribution is 2.24. The van der Waals surface area contributed by atoms with Gasteiger partial charge >= 0.3 is 0 Å². The summed E-state index contributed by atoms with van der Waals surface area (Å²) in [4.78, 5) is 15.1. The molecule has 0 saturated heterocycles. The number of benzene rings is 1. The number of hydrogen-bond acceptors (Lipinski definition) is 3. The number of aldehydes is 1. The van der Waals surface area contributed by atoms with E-state index in [9.17, 15) is 4.79 Å². The number of rotatable bonds is 4. The minimum Gasteiger partial charge on any atom is -0.298 e. The van der Waals surface area contributed by atoms with Crippen molar-refractivity contribution < 1.29 is 4.79 Å². The van der Waals surface area contributed by atoms with Crippen LogP contribution in [0.5, 0.6) is 0 Å². The second kappa shape index (κ2) is 5.83. The molecular weight excluding hydrogens is 242 g/mol. The molecule has 0 unspecified atom stereocenters. The number of nitrogens with zero attached hydrogens (tertiary/aromatic N) is 1. The smallest absolute Gasteiger partial charge is 0.152 e. The fraction of sp³-hybridized carbons (Fsp3) is 0.200. The largest absolute Gasteiger partial charge is 0.298 e. The Morgan fingerprint density at radius 3 is 2.61 bits per heavy atom. The van der Waals surface area contributed by atoms with Gasteiger partial charge in [0.25, 0.3) is 0 Å². The lowest BCUT2D eigenvalue weighted by molar-refractivity contribution is 0.112. The van der Waals surface area contributed by atoms with Crippen LogP contribution in [0.25, 0.3) is 0 Å². The van der Waals surface area contributed by atoms with Gasteiger partial charge in [0, 0.05) is 17.5 Å². The third-order valence-corrected chi connectivity index (χ3v) is 3.68. The highest BCUT2D eigenvalue weighted by atomic mass is 32.2. The van der Waals surface area contributed by atoms with Gasteiger partial charge in [-0.05, 0) is 31.5 Å². The average molecular weight is 257 g/mol. The van der Waals surface area contributed by atoms with Gasteiger partial charge in [-0.3, -0.25) is 4.79 Å². The molecule has 0 bridgehead atoms. The molecule has 1 heterocycles. The summed E-state index contributed by atoms with van der Waals surface area (Å²) in [5.74, 6) is 0.834. The molecule has 0 amide bonds. The number of aryl methyl sites for hydroxylation is 2. The topological polar surface area (TPSA) is 30.0 Å². The average Bonchev–Trinajstić information content (AvgIpc) is 2.35. The molecule has 1 aromatic heterocycles. The second-order valence-electron chi connectivity index (χ2n) is 4.30. The van der Waals surface area contributed by atoms with E-state index >= 15 is 0 Å². The standard InChI is InChI=1S/C15H15NOS/c1-11-6-12(2)8-13(7-11)10-18-15-14(9-17)4-3-5-16-15/h3-9H,10H2,1-2H3. The van der Waals surface area contributed by atoms with E-state index in [0.717, 1.165) is 17.1 Å². The first-order valence-electron chi connectivity index (χ1n) is 5.79. The number of pyridine rings is 1. The minimum absolute atomic E-state index is 0.659. The van der Waals surface area contributed by atoms with Crippen molar-refractivity contribution >= 4 is 18.0 Å². The van der Waals surface area contributed by atoms with Crippen LogP contribution in [0.15, 0.2) is 41.6 Å². The zero-order valence-electron chi connectivity index (χ0n) is 10.5. The Morgan fingerprint density at radius 1 is 1.22 bits per heavy atom. The minimum atomic E-state index is 0.659. The van der Waals surface area contributed by atoms with Gasteiger partial charge in [-0.2, -0.15) is 0 Å². The van der Waals surface area contributed by atoms with Crippen molar-refractivity contribution in [3.05, 3.63) is 58.8 Å². The lowest BCUT2D eigenvalue weighted by Crippen LogP contribution is -1.90. The summed E-state index contributed by atoms with van der Waals surface area (Å²) < 4.78 is 0. The highest BCUT2D eigenvalue weighted by molar-refractivity contribution is 7.98.